The van der Waals surface area contributed by atoms with Gasteiger partial charge in [0.15, 0.2) is 0 Å². The van der Waals surface area contributed by atoms with E-state index < -0.39 is 0 Å². The first-order chi connectivity index (χ1) is 17.1. The normalized spacial score (nSPS) is 10.5. The molecule has 0 aliphatic heterocycles. The summed E-state index contributed by atoms with van der Waals surface area (Å²) < 4.78 is 23.3. The van der Waals surface area contributed by atoms with Crippen molar-refractivity contribution in [3.8, 4) is 34.3 Å². The summed E-state index contributed by atoms with van der Waals surface area (Å²) in [6.07, 6.45) is 0.759. The molecule has 0 aliphatic carbocycles. The number of methoxy groups -OCH3 is 4. The zero-order chi connectivity index (χ0) is 24.8. The van der Waals surface area contributed by atoms with Crippen molar-refractivity contribution < 1.29 is 23.7 Å². The van der Waals surface area contributed by atoms with Crippen LogP contribution in [0.4, 0.5) is 4.69 Å². The van der Waals surface area contributed by atoms with Gasteiger partial charge in [0.25, 0.3) is 0 Å². The van der Waals surface area contributed by atoms with Crippen LogP contribution in [0.1, 0.15) is 20.4 Å². The van der Waals surface area contributed by atoms with Gasteiger partial charge in [0.1, 0.15) is 0 Å². The molecule has 0 aliphatic rings. The predicted molar refractivity (Wildman–Crippen MR) is 136 cm³/mol. The molecule has 0 saturated heterocycles. The summed E-state index contributed by atoms with van der Waals surface area (Å²) >= 11 is -0.151. The molecule has 180 valence electrons. The average Bonchev–Trinajstić information content (AvgIpc) is 3.29. The van der Waals surface area contributed by atoms with E-state index in [2.05, 4.69) is 17.4 Å². The molecule has 8 heteroatoms. The van der Waals surface area contributed by atoms with Gasteiger partial charge < -0.3 is 0 Å². The van der Waals surface area contributed by atoms with Gasteiger partial charge in [0, 0.05) is 0 Å². The zero-order valence-corrected chi connectivity index (χ0v) is 21.7. The average molecular weight is 537 g/mol. The molecule has 0 unspecified atom stereocenters. The van der Waals surface area contributed by atoms with Crippen LogP contribution in [-0.4, -0.2) is 53.8 Å². The topological polar surface area (TPSA) is 78.9 Å². The van der Waals surface area contributed by atoms with Gasteiger partial charge in [0.05, 0.1) is 0 Å². The van der Waals surface area contributed by atoms with Crippen LogP contribution in [0.3, 0.4) is 0 Å². The maximum absolute atomic E-state index is 13.2. The van der Waals surface area contributed by atoms with Crippen molar-refractivity contribution in [1.29, 1.82) is 0 Å². The molecule has 3 aromatic carbocycles. The van der Waals surface area contributed by atoms with Crippen molar-refractivity contribution in [1.82, 2.24) is 4.98 Å². The Labute approximate surface area is 210 Å². The summed E-state index contributed by atoms with van der Waals surface area (Å²) in [5, 5.41) is 2.99. The van der Waals surface area contributed by atoms with Crippen LogP contribution in [0.2, 0.25) is 0 Å². The van der Waals surface area contributed by atoms with Crippen LogP contribution in [0, 0.1) is 0 Å². The number of carbonyl (C=O) groups is 1. The van der Waals surface area contributed by atoms with Crippen molar-refractivity contribution in [2.75, 3.05) is 33.8 Å². The summed E-state index contributed by atoms with van der Waals surface area (Å²) in [7, 11) is 6.20. The van der Waals surface area contributed by atoms with Crippen LogP contribution in [0.25, 0.3) is 11.3 Å². The number of aromatic nitrogens is 1. The van der Waals surface area contributed by atoms with Gasteiger partial charge in [-0.15, -0.1) is 0 Å². The predicted octanol–water partition coefficient (Wildman–Crippen LogP) is 4.68. The van der Waals surface area contributed by atoms with E-state index in [0.29, 0.717) is 27.5 Å². The number of hydrogen-bond acceptors (Lipinski definition) is 6. The first-order valence-electron chi connectivity index (χ1n) is 10.9. The SMILES string of the molecule is COc1ccc(-c2nc(NC(=O)c3cc(OC)c(OC)c(OC)c3)[se]c2Cc2ccccc2)cc1. The molecule has 0 bridgehead atoms. The molecular weight excluding hydrogens is 511 g/mol. The van der Waals surface area contributed by atoms with Crippen LogP contribution in [0.15, 0.2) is 66.7 Å². The minimum absolute atomic E-state index is 0.151. The Kier molecular flexibility index (Phi) is 7.75. The summed E-state index contributed by atoms with van der Waals surface area (Å²) in [6, 6.07) is 21.3. The Morgan fingerprint density at radius 1 is 0.857 bits per heavy atom. The number of ether oxygens (including phenoxy) is 4. The molecule has 0 spiro atoms. The fourth-order valence-electron chi connectivity index (χ4n) is 3.66. The fourth-order valence-corrected chi connectivity index (χ4v) is 5.79. The quantitative estimate of drug-likeness (QED) is 0.313. The third-order valence-corrected chi connectivity index (χ3v) is 7.45. The number of amides is 1. The van der Waals surface area contributed by atoms with Crippen molar-refractivity contribution in [3.05, 3.63) is 82.3 Å². The molecule has 1 N–H and O–H groups in total. The Morgan fingerprint density at radius 3 is 2.09 bits per heavy atom. The van der Waals surface area contributed by atoms with Gasteiger partial charge in [0.2, 0.25) is 0 Å². The number of rotatable bonds is 9. The van der Waals surface area contributed by atoms with Crippen LogP contribution in [0.5, 0.6) is 23.0 Å². The van der Waals surface area contributed by atoms with Gasteiger partial charge in [-0.2, -0.15) is 0 Å². The molecule has 4 rings (SSSR count). The molecule has 0 saturated carbocycles. The van der Waals surface area contributed by atoms with E-state index in [1.54, 1.807) is 19.2 Å². The van der Waals surface area contributed by atoms with E-state index in [0.717, 1.165) is 23.4 Å². The van der Waals surface area contributed by atoms with Gasteiger partial charge >= 0.3 is 211 Å². The van der Waals surface area contributed by atoms with Gasteiger partial charge in [-0.3, -0.25) is 0 Å². The molecule has 0 radical (unpaired) electrons. The first kappa shape index (κ1) is 24.4. The minimum atomic E-state index is -0.292. The summed E-state index contributed by atoms with van der Waals surface area (Å²) in [5.41, 5.74) is 3.45. The van der Waals surface area contributed by atoms with E-state index in [1.807, 2.05) is 42.5 Å². The number of nitrogens with one attached hydrogen (secondary N) is 1. The molecule has 1 amide bonds. The Morgan fingerprint density at radius 2 is 1.51 bits per heavy atom. The van der Waals surface area contributed by atoms with Gasteiger partial charge in [-0.05, 0) is 0 Å². The molecule has 0 fully saturated rings. The van der Waals surface area contributed by atoms with Crippen LogP contribution in [-0.2, 0) is 6.42 Å². The number of anilines is 1. The molecule has 35 heavy (non-hydrogen) atoms. The second-order valence-corrected chi connectivity index (χ2v) is 9.82. The third-order valence-electron chi connectivity index (χ3n) is 5.42. The van der Waals surface area contributed by atoms with Crippen molar-refractivity contribution in [2.45, 2.75) is 6.42 Å². The van der Waals surface area contributed by atoms with Crippen molar-refractivity contribution in [3.63, 3.8) is 0 Å². The molecule has 4 aromatic rings. The molecule has 1 aromatic heterocycles. The van der Waals surface area contributed by atoms with Gasteiger partial charge in [-0.1, -0.05) is 0 Å². The van der Waals surface area contributed by atoms with Crippen LogP contribution < -0.4 is 24.3 Å². The standard InChI is InChI=1S/C27H26N2O5Se/c1-31-20-12-10-18(11-13-20)24-23(14-17-8-6-5-7-9-17)35-27(28-24)29-26(30)19-15-21(32-2)25(34-4)22(16-19)33-3/h5-13,15-16H,14H2,1-4H3,(H,28,29,30). The number of benzene rings is 3. The monoisotopic (exact) mass is 538 g/mol. The van der Waals surface area contributed by atoms with E-state index in [1.165, 1.54) is 31.3 Å². The summed E-state index contributed by atoms with van der Waals surface area (Å²) in [4.78, 5) is 18.0. The molecular formula is C27H26N2O5Se. The maximum atomic E-state index is 13.2. The van der Waals surface area contributed by atoms with E-state index >= 15 is 0 Å². The van der Waals surface area contributed by atoms with Crippen molar-refractivity contribution in [2.24, 2.45) is 0 Å². The Balaban J connectivity index is 1.67. The summed E-state index contributed by atoms with van der Waals surface area (Å²) in [6.45, 7) is 0. The number of carbonyl (C=O) groups excluding carboxylic acids is 1. The zero-order valence-electron chi connectivity index (χ0n) is 20.0. The molecule has 7 nitrogen and oxygen atoms in total. The number of hydrogen-bond donors (Lipinski definition) is 1. The van der Waals surface area contributed by atoms with E-state index in [-0.39, 0.29) is 20.4 Å². The molecule has 0 atom stereocenters. The van der Waals surface area contributed by atoms with Crippen LogP contribution >= 0.6 is 0 Å². The number of nitrogens with zero attached hydrogens (tertiary/aromatic N) is 1. The van der Waals surface area contributed by atoms with E-state index in [9.17, 15) is 4.79 Å². The second kappa shape index (κ2) is 11.1. The second-order valence-electron chi connectivity index (χ2n) is 7.55. The fraction of sp³-hybridized carbons (Fsp3) is 0.185. The molecule has 1 heterocycles. The Bertz CT molecular complexity index is 1280. The first-order valence-corrected chi connectivity index (χ1v) is 12.6. The third kappa shape index (κ3) is 5.50. The van der Waals surface area contributed by atoms with Gasteiger partial charge in [-0.25, -0.2) is 0 Å². The Hall–Kier alpha value is -3.74. The van der Waals surface area contributed by atoms with Crippen molar-refractivity contribution >= 4 is 25.1 Å². The summed E-state index contributed by atoms with van der Waals surface area (Å²) in [5.74, 6) is 1.75. The van der Waals surface area contributed by atoms with E-state index in [4.69, 9.17) is 23.9 Å².